The number of aryl methyl sites for hydroxylation is 1. The van der Waals surface area contributed by atoms with Crippen molar-refractivity contribution in [1.82, 2.24) is 9.55 Å². The number of hydrogen-bond donors (Lipinski definition) is 1. The molecule has 0 aliphatic carbocycles. The van der Waals surface area contributed by atoms with E-state index in [9.17, 15) is 5.11 Å². The van der Waals surface area contributed by atoms with Crippen LogP contribution >= 0.6 is 0 Å². The Balaban J connectivity index is 2.94. The van der Waals surface area contributed by atoms with Crippen molar-refractivity contribution >= 4 is 0 Å². The van der Waals surface area contributed by atoms with Gasteiger partial charge < -0.3 is 14.4 Å². The number of aromatic nitrogens is 2. The van der Waals surface area contributed by atoms with Gasteiger partial charge in [0.25, 0.3) is 0 Å². The fraction of sp³-hybridized carbons (Fsp3) is 0.700. The largest absolute Gasteiger partial charge is 0.382 e. The molecule has 4 nitrogen and oxygen atoms in total. The second-order valence-corrected chi connectivity index (χ2v) is 3.78. The van der Waals surface area contributed by atoms with Crippen molar-refractivity contribution in [1.29, 1.82) is 0 Å². The summed E-state index contributed by atoms with van der Waals surface area (Å²) < 4.78 is 7.13. The molecule has 1 N–H and O–H groups in total. The monoisotopic (exact) mass is 198 g/mol. The zero-order valence-electron chi connectivity index (χ0n) is 9.19. The Morgan fingerprint density at radius 3 is 2.79 bits per heavy atom. The summed E-state index contributed by atoms with van der Waals surface area (Å²) in [5.74, 6) is 0.652. The van der Waals surface area contributed by atoms with Crippen molar-refractivity contribution in [2.24, 2.45) is 0 Å². The summed E-state index contributed by atoms with van der Waals surface area (Å²) in [5, 5.41) is 10.0. The third-order valence-electron chi connectivity index (χ3n) is 2.52. The molecule has 1 atom stereocenters. The number of ether oxygens (including phenoxy) is 1. The first-order valence-corrected chi connectivity index (χ1v) is 4.77. The molecule has 1 aromatic heterocycles. The van der Waals surface area contributed by atoms with E-state index < -0.39 is 11.7 Å². The zero-order valence-corrected chi connectivity index (χ0v) is 9.19. The molecule has 80 valence electrons. The number of nitrogens with zero attached hydrogens (tertiary/aromatic N) is 2. The number of aliphatic hydroxyl groups excluding tert-OH is 1. The van der Waals surface area contributed by atoms with Crippen LogP contribution in [0.15, 0.2) is 12.4 Å². The summed E-state index contributed by atoms with van der Waals surface area (Å²) in [5.41, 5.74) is -0.613. The lowest BCUT2D eigenvalue weighted by Gasteiger charge is -2.28. The quantitative estimate of drug-likeness (QED) is 0.794. The molecule has 0 aliphatic rings. The molecular formula is C10H18N2O2. The maximum absolute atomic E-state index is 10.0. The van der Waals surface area contributed by atoms with E-state index in [0.29, 0.717) is 5.82 Å². The average Bonchev–Trinajstić information content (AvgIpc) is 2.64. The van der Waals surface area contributed by atoms with Crippen LogP contribution in [0.2, 0.25) is 0 Å². The highest BCUT2D eigenvalue weighted by Crippen LogP contribution is 2.26. The fourth-order valence-corrected chi connectivity index (χ4v) is 1.26. The van der Waals surface area contributed by atoms with E-state index in [2.05, 4.69) is 4.98 Å². The second-order valence-electron chi connectivity index (χ2n) is 3.78. The van der Waals surface area contributed by atoms with E-state index in [1.54, 1.807) is 13.3 Å². The predicted molar refractivity (Wildman–Crippen MR) is 53.9 cm³/mol. The van der Waals surface area contributed by atoms with Gasteiger partial charge in [-0.25, -0.2) is 4.98 Å². The minimum Gasteiger partial charge on any atom is -0.382 e. The van der Waals surface area contributed by atoms with E-state index in [0.717, 1.165) is 6.54 Å². The average molecular weight is 198 g/mol. The SMILES string of the molecule is CCn1ccnc1C(O)C(C)(C)OC. The van der Waals surface area contributed by atoms with Crippen LogP contribution in [0.4, 0.5) is 0 Å². The highest BCUT2D eigenvalue weighted by atomic mass is 16.5. The van der Waals surface area contributed by atoms with Gasteiger partial charge in [-0.1, -0.05) is 0 Å². The molecule has 0 saturated carbocycles. The maximum atomic E-state index is 10.0. The van der Waals surface area contributed by atoms with Crippen LogP contribution < -0.4 is 0 Å². The molecule has 1 heterocycles. The zero-order chi connectivity index (χ0) is 10.8. The van der Waals surface area contributed by atoms with Crippen LogP contribution in [-0.2, 0) is 11.3 Å². The Bertz CT molecular complexity index is 294. The summed E-state index contributed by atoms with van der Waals surface area (Å²) in [4.78, 5) is 4.13. The summed E-state index contributed by atoms with van der Waals surface area (Å²) in [7, 11) is 1.59. The molecular weight excluding hydrogens is 180 g/mol. The lowest BCUT2D eigenvalue weighted by molar-refractivity contribution is -0.0840. The molecule has 1 rings (SSSR count). The van der Waals surface area contributed by atoms with Crippen LogP contribution in [-0.4, -0.2) is 27.4 Å². The summed E-state index contributed by atoms with van der Waals surface area (Å²) in [6, 6.07) is 0. The van der Waals surface area contributed by atoms with Crippen molar-refractivity contribution < 1.29 is 9.84 Å². The van der Waals surface area contributed by atoms with Crippen LogP contribution in [0.5, 0.6) is 0 Å². The Morgan fingerprint density at radius 1 is 1.64 bits per heavy atom. The standard InChI is InChI=1S/C10H18N2O2/c1-5-12-7-6-11-9(12)8(13)10(2,3)14-4/h6-8,13H,5H2,1-4H3. The van der Waals surface area contributed by atoms with Gasteiger partial charge in [-0.05, 0) is 20.8 Å². The molecule has 1 aromatic rings. The molecule has 1 unspecified atom stereocenters. The van der Waals surface area contributed by atoms with Crippen molar-refractivity contribution in [2.45, 2.75) is 39.0 Å². The third kappa shape index (κ3) is 1.96. The van der Waals surface area contributed by atoms with Gasteiger partial charge in [-0.15, -0.1) is 0 Å². The van der Waals surface area contributed by atoms with Crippen LogP contribution in [0, 0.1) is 0 Å². The predicted octanol–water partition coefficient (Wildman–Crippen LogP) is 1.36. The van der Waals surface area contributed by atoms with Gasteiger partial charge in [0, 0.05) is 26.0 Å². The van der Waals surface area contributed by atoms with Gasteiger partial charge in [0.15, 0.2) is 0 Å². The topological polar surface area (TPSA) is 47.3 Å². The lowest BCUT2D eigenvalue weighted by Crippen LogP contribution is -2.33. The van der Waals surface area contributed by atoms with Gasteiger partial charge in [0.05, 0.1) is 5.60 Å². The Hall–Kier alpha value is -0.870. The smallest absolute Gasteiger partial charge is 0.140 e. The number of methoxy groups -OCH3 is 1. The van der Waals surface area contributed by atoms with Gasteiger partial charge in [-0.2, -0.15) is 0 Å². The number of hydrogen-bond acceptors (Lipinski definition) is 3. The Morgan fingerprint density at radius 2 is 2.29 bits per heavy atom. The molecule has 0 amide bonds. The minimum atomic E-state index is -0.706. The van der Waals surface area contributed by atoms with Gasteiger partial charge >= 0.3 is 0 Å². The summed E-state index contributed by atoms with van der Waals surface area (Å²) >= 11 is 0. The highest BCUT2D eigenvalue weighted by Gasteiger charge is 2.31. The molecule has 0 saturated heterocycles. The van der Waals surface area contributed by atoms with E-state index in [4.69, 9.17) is 4.74 Å². The van der Waals surface area contributed by atoms with Gasteiger partial charge in [0.1, 0.15) is 11.9 Å². The fourth-order valence-electron chi connectivity index (χ4n) is 1.26. The van der Waals surface area contributed by atoms with Crippen molar-refractivity contribution in [2.75, 3.05) is 7.11 Å². The molecule has 0 fully saturated rings. The molecule has 0 radical (unpaired) electrons. The van der Waals surface area contributed by atoms with Gasteiger partial charge in [0.2, 0.25) is 0 Å². The Labute approximate surface area is 84.5 Å². The van der Waals surface area contributed by atoms with E-state index in [1.807, 2.05) is 31.5 Å². The maximum Gasteiger partial charge on any atom is 0.140 e. The molecule has 14 heavy (non-hydrogen) atoms. The molecule has 0 aromatic carbocycles. The highest BCUT2D eigenvalue weighted by molar-refractivity contribution is 5.02. The molecule has 0 aliphatic heterocycles. The van der Waals surface area contributed by atoms with E-state index >= 15 is 0 Å². The summed E-state index contributed by atoms with van der Waals surface area (Å²) in [6.45, 7) is 6.49. The van der Waals surface area contributed by atoms with E-state index in [1.165, 1.54) is 0 Å². The second kappa shape index (κ2) is 4.11. The third-order valence-corrected chi connectivity index (χ3v) is 2.52. The number of rotatable bonds is 4. The van der Waals surface area contributed by atoms with Gasteiger partial charge in [-0.3, -0.25) is 0 Å². The van der Waals surface area contributed by atoms with E-state index in [-0.39, 0.29) is 0 Å². The number of aliphatic hydroxyl groups is 1. The Kier molecular flexibility index (Phi) is 3.29. The van der Waals surface area contributed by atoms with Crippen molar-refractivity contribution in [3.05, 3.63) is 18.2 Å². The summed E-state index contributed by atoms with van der Waals surface area (Å²) in [6.07, 6.45) is 2.83. The first kappa shape index (κ1) is 11.2. The van der Waals surface area contributed by atoms with Crippen LogP contribution in [0.1, 0.15) is 32.7 Å². The number of imidazole rings is 1. The first-order valence-electron chi connectivity index (χ1n) is 4.77. The minimum absolute atomic E-state index is 0.613. The molecule has 0 spiro atoms. The molecule has 4 heteroatoms. The van der Waals surface area contributed by atoms with Crippen LogP contribution in [0.25, 0.3) is 0 Å². The lowest BCUT2D eigenvalue weighted by atomic mass is 10.0. The van der Waals surface area contributed by atoms with Crippen LogP contribution in [0.3, 0.4) is 0 Å². The first-order chi connectivity index (χ1) is 6.53. The van der Waals surface area contributed by atoms with Crippen molar-refractivity contribution in [3.8, 4) is 0 Å². The van der Waals surface area contributed by atoms with Crippen molar-refractivity contribution in [3.63, 3.8) is 0 Å². The molecule has 0 bridgehead atoms. The normalized spacial score (nSPS) is 14.4.